The summed E-state index contributed by atoms with van der Waals surface area (Å²) < 4.78 is 0. The molecule has 0 atom stereocenters. The van der Waals surface area contributed by atoms with Gasteiger partial charge in [-0.1, -0.05) is 125 Å². The van der Waals surface area contributed by atoms with Gasteiger partial charge in [0, 0.05) is 27.8 Å². The summed E-state index contributed by atoms with van der Waals surface area (Å²) in [7, 11) is 0. The zero-order valence-corrected chi connectivity index (χ0v) is 27.6. The third-order valence-electron chi connectivity index (χ3n) is 11.1. The lowest BCUT2D eigenvalue weighted by molar-refractivity contribution is 0.660. The van der Waals surface area contributed by atoms with Crippen LogP contribution in [0.3, 0.4) is 0 Å². The molecule has 0 saturated carbocycles. The van der Waals surface area contributed by atoms with Gasteiger partial charge in [0.1, 0.15) is 0 Å². The molecule has 0 heterocycles. The number of fused-ring (bicyclic) bond motifs is 7. The van der Waals surface area contributed by atoms with Crippen LogP contribution < -0.4 is 4.90 Å². The van der Waals surface area contributed by atoms with Crippen molar-refractivity contribution < 1.29 is 0 Å². The molecule has 0 bridgehead atoms. The van der Waals surface area contributed by atoms with E-state index >= 15 is 0 Å². The van der Waals surface area contributed by atoms with Crippen LogP contribution in [0.25, 0.3) is 38.6 Å². The first kappa shape index (κ1) is 28.1. The van der Waals surface area contributed by atoms with Crippen LogP contribution in [0.1, 0.15) is 68.4 Å². The summed E-state index contributed by atoms with van der Waals surface area (Å²) in [5.41, 5.74) is 17.1. The third kappa shape index (κ3) is 4.16. The monoisotopic (exact) mass is 605 g/mol. The van der Waals surface area contributed by atoms with Gasteiger partial charge in [-0.05, 0) is 116 Å². The molecule has 0 fully saturated rings. The van der Waals surface area contributed by atoms with Gasteiger partial charge >= 0.3 is 0 Å². The molecule has 0 amide bonds. The predicted octanol–water partition coefficient (Wildman–Crippen LogP) is 12.7. The van der Waals surface area contributed by atoms with Crippen molar-refractivity contribution in [2.24, 2.45) is 0 Å². The normalized spacial score (nSPS) is 16.3. The fraction of sp³-hybridized carbons (Fsp3) is 0.174. The molecule has 0 unspecified atom stereocenters. The molecule has 0 saturated heterocycles. The Morgan fingerprint density at radius 3 is 2.04 bits per heavy atom. The van der Waals surface area contributed by atoms with Crippen molar-refractivity contribution in [1.82, 2.24) is 0 Å². The number of benzene rings is 6. The molecule has 6 aromatic rings. The molecule has 0 N–H and O–H groups in total. The van der Waals surface area contributed by atoms with Gasteiger partial charge < -0.3 is 4.90 Å². The van der Waals surface area contributed by atoms with Crippen molar-refractivity contribution in [3.8, 4) is 22.3 Å². The molecule has 0 aliphatic heterocycles. The number of anilines is 3. The number of allylic oxidation sites excluding steroid dienone is 4. The Balaban J connectivity index is 1.30. The van der Waals surface area contributed by atoms with Crippen LogP contribution in [0.15, 0.2) is 140 Å². The highest BCUT2D eigenvalue weighted by molar-refractivity contribution is 5.98. The minimum absolute atomic E-state index is 0.0728. The molecule has 9 rings (SSSR count). The molecule has 3 aliphatic carbocycles. The third-order valence-corrected chi connectivity index (χ3v) is 11.1. The topological polar surface area (TPSA) is 3.24 Å². The number of hydrogen-bond donors (Lipinski definition) is 0. The van der Waals surface area contributed by atoms with E-state index in [-0.39, 0.29) is 10.8 Å². The molecule has 3 aliphatic rings. The van der Waals surface area contributed by atoms with Gasteiger partial charge in [0.15, 0.2) is 0 Å². The molecule has 6 aromatic carbocycles. The fourth-order valence-electron chi connectivity index (χ4n) is 8.60. The Morgan fingerprint density at radius 2 is 1.21 bits per heavy atom. The number of hydrogen-bond acceptors (Lipinski definition) is 1. The van der Waals surface area contributed by atoms with Crippen LogP contribution in [0, 0.1) is 0 Å². The highest BCUT2D eigenvalue weighted by Gasteiger charge is 2.39. The molecular formula is C46H39N. The molecule has 1 nitrogen and oxygen atoms in total. The second kappa shape index (κ2) is 10.2. The average molecular weight is 606 g/mol. The summed E-state index contributed by atoms with van der Waals surface area (Å²) in [6.45, 7) is 9.49. The first-order chi connectivity index (χ1) is 22.8. The second-order valence-corrected chi connectivity index (χ2v) is 14.5. The Hall–Kier alpha value is -5.14. The summed E-state index contributed by atoms with van der Waals surface area (Å²) in [6, 6.07) is 45.9. The zero-order valence-electron chi connectivity index (χ0n) is 27.6. The van der Waals surface area contributed by atoms with E-state index in [1.165, 1.54) is 83.5 Å². The molecule has 47 heavy (non-hydrogen) atoms. The molecule has 1 heteroatoms. The Labute approximate surface area is 278 Å². The Kier molecular flexibility index (Phi) is 6.09. The average Bonchev–Trinajstić information content (AvgIpc) is 3.47. The van der Waals surface area contributed by atoms with Crippen molar-refractivity contribution in [2.45, 2.75) is 51.4 Å². The SMILES string of the molecule is CC1(C)c2ccc(N(c3cccc(C4=CC=CCC4)c3)c3cccc4c3-c3ccccc3C4(C)C)cc2-c2cc3ccccc3cc21. The maximum absolute atomic E-state index is 2.52. The standard InChI is InChI=1S/C46H39N/c1-45(2)39-21-11-10-20-36(39)44-41(45)22-13-23-43(44)47(34-19-12-18-31(26-34)30-14-6-5-7-15-30)35-24-25-40-38(29-35)37-27-32-16-8-9-17-33(32)28-42(37)46(40,3)4/h5-6,8-14,16-29H,7,15H2,1-4H3. The van der Waals surface area contributed by atoms with Crippen molar-refractivity contribution in [3.63, 3.8) is 0 Å². The van der Waals surface area contributed by atoms with Crippen molar-refractivity contribution in [1.29, 1.82) is 0 Å². The van der Waals surface area contributed by atoms with Gasteiger partial charge in [0.2, 0.25) is 0 Å². The first-order valence-electron chi connectivity index (χ1n) is 17.0. The molecule has 228 valence electrons. The van der Waals surface area contributed by atoms with E-state index in [1.807, 2.05) is 0 Å². The van der Waals surface area contributed by atoms with E-state index in [2.05, 4.69) is 172 Å². The van der Waals surface area contributed by atoms with Crippen LogP contribution in [0.4, 0.5) is 17.1 Å². The lowest BCUT2D eigenvalue weighted by Crippen LogP contribution is -2.16. The summed E-state index contributed by atoms with van der Waals surface area (Å²) >= 11 is 0. The summed E-state index contributed by atoms with van der Waals surface area (Å²) in [6.07, 6.45) is 8.91. The van der Waals surface area contributed by atoms with E-state index in [0.29, 0.717) is 0 Å². The van der Waals surface area contributed by atoms with Gasteiger partial charge in [0.05, 0.1) is 5.69 Å². The lowest BCUT2D eigenvalue weighted by atomic mass is 9.82. The number of nitrogens with zero attached hydrogens (tertiary/aromatic N) is 1. The van der Waals surface area contributed by atoms with Crippen molar-refractivity contribution in [3.05, 3.63) is 167 Å². The zero-order chi connectivity index (χ0) is 31.9. The minimum atomic E-state index is -0.0735. The van der Waals surface area contributed by atoms with E-state index in [1.54, 1.807) is 0 Å². The van der Waals surface area contributed by atoms with Crippen LogP contribution >= 0.6 is 0 Å². The Bertz CT molecular complexity index is 2310. The first-order valence-corrected chi connectivity index (χ1v) is 17.0. The molecule has 0 aromatic heterocycles. The molecule has 0 radical (unpaired) electrons. The predicted molar refractivity (Wildman–Crippen MR) is 200 cm³/mol. The maximum atomic E-state index is 2.52. The largest absolute Gasteiger partial charge is 0.310 e. The minimum Gasteiger partial charge on any atom is -0.310 e. The number of rotatable bonds is 4. The van der Waals surface area contributed by atoms with Crippen LogP contribution in [0.2, 0.25) is 0 Å². The van der Waals surface area contributed by atoms with Crippen molar-refractivity contribution in [2.75, 3.05) is 4.90 Å². The molecule has 0 spiro atoms. The molecular weight excluding hydrogens is 567 g/mol. The second-order valence-electron chi connectivity index (χ2n) is 14.5. The van der Waals surface area contributed by atoms with Gasteiger partial charge in [-0.25, -0.2) is 0 Å². The van der Waals surface area contributed by atoms with Crippen LogP contribution in [0.5, 0.6) is 0 Å². The highest BCUT2D eigenvalue weighted by atomic mass is 15.1. The summed E-state index contributed by atoms with van der Waals surface area (Å²) in [5, 5.41) is 2.60. The van der Waals surface area contributed by atoms with Gasteiger partial charge in [-0.15, -0.1) is 0 Å². The summed E-state index contributed by atoms with van der Waals surface area (Å²) in [4.78, 5) is 2.52. The fourth-order valence-corrected chi connectivity index (χ4v) is 8.60. The smallest absolute Gasteiger partial charge is 0.0543 e. The van der Waals surface area contributed by atoms with Crippen LogP contribution in [-0.4, -0.2) is 0 Å². The summed E-state index contributed by atoms with van der Waals surface area (Å²) in [5.74, 6) is 0. The highest BCUT2D eigenvalue weighted by Crippen LogP contribution is 2.56. The lowest BCUT2D eigenvalue weighted by Gasteiger charge is -2.30. The van der Waals surface area contributed by atoms with Crippen molar-refractivity contribution >= 4 is 33.4 Å². The van der Waals surface area contributed by atoms with Gasteiger partial charge in [0.25, 0.3) is 0 Å². The van der Waals surface area contributed by atoms with Gasteiger partial charge in [-0.3, -0.25) is 0 Å². The van der Waals surface area contributed by atoms with E-state index in [0.717, 1.165) is 12.8 Å². The van der Waals surface area contributed by atoms with E-state index in [9.17, 15) is 0 Å². The quantitative estimate of drug-likeness (QED) is 0.193. The van der Waals surface area contributed by atoms with E-state index < -0.39 is 0 Å². The van der Waals surface area contributed by atoms with E-state index in [4.69, 9.17) is 0 Å². The maximum Gasteiger partial charge on any atom is 0.0543 e. The van der Waals surface area contributed by atoms with Crippen LogP contribution in [-0.2, 0) is 10.8 Å². The Morgan fingerprint density at radius 1 is 0.532 bits per heavy atom. The van der Waals surface area contributed by atoms with Gasteiger partial charge in [-0.2, -0.15) is 0 Å².